The predicted molar refractivity (Wildman–Crippen MR) is 122 cm³/mol. The Morgan fingerprint density at radius 1 is 1.16 bits per heavy atom. The third-order valence-corrected chi connectivity index (χ3v) is 5.48. The van der Waals surface area contributed by atoms with Gasteiger partial charge in [0.05, 0.1) is 39.9 Å². The largest absolute Gasteiger partial charge is 0.340 e. The molecule has 0 amide bonds. The third kappa shape index (κ3) is 3.24. The lowest BCUT2D eigenvalue weighted by molar-refractivity contribution is 0.0969. The summed E-state index contributed by atoms with van der Waals surface area (Å²) in [5.74, 6) is -0.424. The van der Waals surface area contributed by atoms with Gasteiger partial charge in [0.15, 0.2) is 0 Å². The Morgan fingerprint density at radius 2 is 1.87 bits per heavy atom. The first-order valence-corrected chi connectivity index (χ1v) is 10.0. The van der Waals surface area contributed by atoms with Crippen LogP contribution in [0.4, 0.5) is 0 Å². The first kappa shape index (κ1) is 20.3. The number of fused-ring (bicyclic) bond motifs is 3. The first-order valence-electron chi connectivity index (χ1n) is 10.0. The van der Waals surface area contributed by atoms with Crippen molar-refractivity contribution in [3.63, 3.8) is 0 Å². The van der Waals surface area contributed by atoms with Gasteiger partial charge >= 0.3 is 5.69 Å². The third-order valence-electron chi connectivity index (χ3n) is 5.48. The van der Waals surface area contributed by atoms with E-state index in [-0.39, 0.29) is 0 Å². The molecular formula is C25H22N4O2. The van der Waals surface area contributed by atoms with Crippen LogP contribution in [0.25, 0.3) is 27.6 Å². The highest BCUT2D eigenvalue weighted by atomic mass is 16.2. The van der Waals surface area contributed by atoms with Gasteiger partial charge < -0.3 is 0 Å². The number of pyridine rings is 1. The molecule has 31 heavy (non-hydrogen) atoms. The normalized spacial score (nSPS) is 12.0. The molecule has 0 aliphatic heterocycles. The van der Waals surface area contributed by atoms with Gasteiger partial charge in [0, 0.05) is 5.39 Å². The monoisotopic (exact) mass is 410 g/mol. The second-order valence-electron chi connectivity index (χ2n) is 8.09. The number of imidazole rings is 1. The summed E-state index contributed by atoms with van der Waals surface area (Å²) < 4.78 is 2.70. The molecule has 0 saturated carbocycles. The number of allylic oxidation sites excluding steroid dienone is 2. The van der Waals surface area contributed by atoms with Crippen molar-refractivity contribution in [2.24, 2.45) is 0 Å². The van der Waals surface area contributed by atoms with Crippen LogP contribution in [0, 0.1) is 18.3 Å². The summed E-state index contributed by atoms with van der Waals surface area (Å²) in [4.78, 5) is 30.7. The van der Waals surface area contributed by atoms with Crippen molar-refractivity contribution >= 4 is 27.8 Å². The summed E-state index contributed by atoms with van der Waals surface area (Å²) in [5.41, 5.74) is 3.21. The zero-order chi connectivity index (χ0) is 22.3. The van der Waals surface area contributed by atoms with Crippen LogP contribution in [0.15, 0.2) is 65.6 Å². The number of benzene rings is 2. The van der Waals surface area contributed by atoms with Gasteiger partial charge in [-0.1, -0.05) is 29.8 Å². The minimum atomic E-state index is -0.646. The molecule has 0 radical (unpaired) electrons. The van der Waals surface area contributed by atoms with Crippen molar-refractivity contribution in [3.8, 4) is 11.8 Å². The van der Waals surface area contributed by atoms with Gasteiger partial charge in [-0.05, 0) is 63.6 Å². The van der Waals surface area contributed by atoms with Gasteiger partial charge in [-0.3, -0.25) is 14.3 Å². The maximum absolute atomic E-state index is 13.5. The van der Waals surface area contributed by atoms with Crippen LogP contribution in [0.3, 0.4) is 0 Å². The van der Waals surface area contributed by atoms with Crippen LogP contribution < -0.4 is 5.69 Å². The fourth-order valence-corrected chi connectivity index (χ4v) is 3.74. The molecule has 0 saturated heterocycles. The maximum atomic E-state index is 13.5. The lowest BCUT2D eigenvalue weighted by Crippen LogP contribution is -2.27. The first-order chi connectivity index (χ1) is 14.8. The zero-order valence-corrected chi connectivity index (χ0v) is 17.9. The number of rotatable bonds is 3. The summed E-state index contributed by atoms with van der Waals surface area (Å²) in [6, 6.07) is 15.4. The topological polar surface area (TPSA) is 80.7 Å². The molecule has 0 unspecified atom stereocenters. The number of hydrogen-bond acceptors (Lipinski definition) is 4. The molecule has 0 fully saturated rings. The molecule has 6 nitrogen and oxygen atoms in total. The molecular weight excluding hydrogens is 388 g/mol. The number of hydrogen-bond donors (Lipinski definition) is 0. The van der Waals surface area contributed by atoms with Crippen molar-refractivity contribution in [1.82, 2.24) is 14.1 Å². The summed E-state index contributed by atoms with van der Waals surface area (Å²) in [6.07, 6.45) is 4.54. The smallest absolute Gasteiger partial charge is 0.269 e. The standard InChI is InChI=1S/C25H22N4O2/c1-5-6-22(30)29-21-14-27-20-12-7-16(2)13-19(20)23(21)28(24(29)31)18-10-8-17(9-11-18)25(3,4)15-26/h5-14H,1-4H3. The molecule has 0 atom stereocenters. The van der Waals surface area contributed by atoms with Gasteiger partial charge in [-0.2, -0.15) is 5.26 Å². The van der Waals surface area contributed by atoms with E-state index in [1.54, 1.807) is 23.8 Å². The summed E-state index contributed by atoms with van der Waals surface area (Å²) in [6.45, 7) is 7.39. The van der Waals surface area contributed by atoms with Crippen LogP contribution in [0.2, 0.25) is 0 Å². The van der Waals surface area contributed by atoms with E-state index < -0.39 is 17.0 Å². The number of carbonyl (C=O) groups excluding carboxylic acids is 1. The number of nitriles is 1. The Labute approximate surface area is 179 Å². The lowest BCUT2D eigenvalue weighted by Gasteiger charge is -2.16. The van der Waals surface area contributed by atoms with Gasteiger partial charge in [-0.15, -0.1) is 0 Å². The molecule has 154 valence electrons. The Bertz CT molecular complexity index is 1460. The molecule has 0 bridgehead atoms. The van der Waals surface area contributed by atoms with E-state index in [0.717, 1.165) is 26.6 Å². The van der Waals surface area contributed by atoms with E-state index in [9.17, 15) is 14.9 Å². The second-order valence-corrected chi connectivity index (χ2v) is 8.09. The van der Waals surface area contributed by atoms with E-state index in [2.05, 4.69) is 11.1 Å². The van der Waals surface area contributed by atoms with Crippen molar-refractivity contribution in [3.05, 3.63) is 82.4 Å². The Morgan fingerprint density at radius 3 is 2.52 bits per heavy atom. The average molecular weight is 410 g/mol. The van der Waals surface area contributed by atoms with Crippen molar-refractivity contribution in [1.29, 1.82) is 5.26 Å². The van der Waals surface area contributed by atoms with E-state index >= 15 is 0 Å². The number of aryl methyl sites for hydroxylation is 1. The summed E-state index contributed by atoms with van der Waals surface area (Å²) in [5, 5.41) is 10.2. The Kier molecular flexibility index (Phi) is 4.82. The molecule has 2 aromatic carbocycles. The van der Waals surface area contributed by atoms with Gasteiger partial charge in [0.1, 0.15) is 0 Å². The highest BCUT2D eigenvalue weighted by Gasteiger charge is 2.23. The van der Waals surface area contributed by atoms with Gasteiger partial charge in [0.25, 0.3) is 5.91 Å². The quantitative estimate of drug-likeness (QED) is 0.460. The zero-order valence-electron chi connectivity index (χ0n) is 17.9. The van der Waals surface area contributed by atoms with E-state index in [1.165, 1.54) is 6.08 Å². The molecule has 0 spiro atoms. The predicted octanol–water partition coefficient (Wildman–Crippen LogP) is 4.67. The maximum Gasteiger partial charge on any atom is 0.340 e. The van der Waals surface area contributed by atoms with Gasteiger partial charge in [-0.25, -0.2) is 9.36 Å². The van der Waals surface area contributed by atoms with E-state index in [4.69, 9.17) is 0 Å². The minimum Gasteiger partial charge on any atom is -0.269 e. The second kappa shape index (κ2) is 7.37. The lowest BCUT2D eigenvalue weighted by atomic mass is 9.86. The highest BCUT2D eigenvalue weighted by molar-refractivity contribution is 6.07. The fourth-order valence-electron chi connectivity index (χ4n) is 3.74. The molecule has 0 N–H and O–H groups in total. The SMILES string of the molecule is CC=CC(=O)n1c(=O)n(-c2ccc(C(C)(C)C#N)cc2)c2c3cc(C)ccc3ncc21. The van der Waals surface area contributed by atoms with Crippen LogP contribution >= 0.6 is 0 Å². The van der Waals surface area contributed by atoms with Crippen LogP contribution in [0.1, 0.15) is 36.7 Å². The van der Waals surface area contributed by atoms with Crippen LogP contribution in [0.5, 0.6) is 0 Å². The fraction of sp³-hybridized carbons (Fsp3) is 0.200. The molecule has 2 heterocycles. The van der Waals surface area contributed by atoms with E-state index in [1.807, 2.05) is 63.2 Å². The molecule has 4 aromatic rings. The molecule has 2 aromatic heterocycles. The summed E-state index contributed by atoms with van der Waals surface area (Å²) in [7, 11) is 0. The number of carbonyl (C=O) groups is 1. The van der Waals surface area contributed by atoms with E-state index in [0.29, 0.717) is 16.7 Å². The van der Waals surface area contributed by atoms with Crippen molar-refractivity contribution in [2.75, 3.05) is 0 Å². The van der Waals surface area contributed by atoms with Gasteiger partial charge in [0.2, 0.25) is 0 Å². The average Bonchev–Trinajstić information content (AvgIpc) is 3.06. The van der Waals surface area contributed by atoms with Crippen LogP contribution in [-0.4, -0.2) is 20.0 Å². The molecule has 0 aliphatic rings. The molecule has 0 aliphatic carbocycles. The summed E-state index contributed by atoms with van der Waals surface area (Å²) >= 11 is 0. The van der Waals surface area contributed by atoms with Crippen LogP contribution in [-0.2, 0) is 5.41 Å². The Hall–Kier alpha value is -3.98. The molecule has 6 heteroatoms. The van der Waals surface area contributed by atoms with Crippen molar-refractivity contribution in [2.45, 2.75) is 33.1 Å². The highest BCUT2D eigenvalue weighted by Crippen LogP contribution is 2.28. The minimum absolute atomic E-state index is 0.424. The Balaban J connectivity index is 2.10. The molecule has 4 rings (SSSR count). The number of nitrogens with zero attached hydrogens (tertiary/aromatic N) is 4. The number of aromatic nitrogens is 3. The van der Waals surface area contributed by atoms with Crippen molar-refractivity contribution < 1.29 is 4.79 Å².